The number of sulfone groups is 1. The van der Waals surface area contributed by atoms with Gasteiger partial charge in [0.15, 0.2) is 9.84 Å². The Morgan fingerprint density at radius 1 is 1.24 bits per heavy atom. The van der Waals surface area contributed by atoms with E-state index in [2.05, 4.69) is 33.0 Å². The van der Waals surface area contributed by atoms with Gasteiger partial charge >= 0.3 is 0 Å². The molecule has 1 unspecified atom stereocenters. The van der Waals surface area contributed by atoms with E-state index in [1.165, 1.54) is 7.11 Å². The van der Waals surface area contributed by atoms with Crippen LogP contribution in [0.5, 0.6) is 5.75 Å². The van der Waals surface area contributed by atoms with E-state index in [0.717, 1.165) is 13.0 Å². The van der Waals surface area contributed by atoms with E-state index in [9.17, 15) is 8.42 Å². The zero-order valence-corrected chi connectivity index (χ0v) is 14.5. The number of hydrogen-bond donors (Lipinski definition) is 1. The van der Waals surface area contributed by atoms with Gasteiger partial charge in [0.25, 0.3) is 0 Å². The third-order valence-electron chi connectivity index (χ3n) is 3.48. The van der Waals surface area contributed by atoms with Gasteiger partial charge in [0.05, 0.1) is 12.9 Å². The van der Waals surface area contributed by atoms with Crippen molar-refractivity contribution in [1.29, 1.82) is 0 Å². The minimum absolute atomic E-state index is 0.0663. The molecule has 0 bridgehead atoms. The third-order valence-corrected chi connectivity index (χ3v) is 5.26. The van der Waals surface area contributed by atoms with Gasteiger partial charge in [-0.3, -0.25) is 0 Å². The molecule has 4 nitrogen and oxygen atoms in total. The maximum Gasteiger partial charge on any atom is 0.183 e. The Bertz CT molecular complexity index is 547. The van der Waals surface area contributed by atoms with Crippen molar-refractivity contribution >= 4 is 9.84 Å². The van der Waals surface area contributed by atoms with Gasteiger partial charge in [-0.2, -0.15) is 0 Å². The summed E-state index contributed by atoms with van der Waals surface area (Å²) < 4.78 is 30.6. The van der Waals surface area contributed by atoms with Crippen molar-refractivity contribution in [2.75, 3.05) is 19.4 Å². The van der Waals surface area contributed by atoms with Crippen molar-refractivity contribution in [3.8, 4) is 5.75 Å². The number of nitrogens with one attached hydrogen (secondary N) is 1. The maximum atomic E-state index is 12.7. The van der Waals surface area contributed by atoms with E-state index in [1.54, 1.807) is 24.3 Å². The lowest BCUT2D eigenvalue weighted by Crippen LogP contribution is -2.45. The lowest BCUT2D eigenvalue weighted by Gasteiger charge is -2.31. The highest BCUT2D eigenvalue weighted by atomic mass is 32.2. The summed E-state index contributed by atoms with van der Waals surface area (Å²) in [6.07, 6.45) is 0.973. The van der Waals surface area contributed by atoms with Crippen LogP contribution in [0.25, 0.3) is 0 Å². The SMILES string of the molecule is CCCNC(CS(=O)(=O)c1ccccc1OC)C(C)(C)C. The molecule has 1 aromatic rings. The van der Waals surface area contributed by atoms with Crippen LogP contribution in [0, 0.1) is 5.41 Å². The summed E-state index contributed by atoms with van der Waals surface area (Å²) in [7, 11) is -1.91. The molecule has 0 aromatic heterocycles. The summed E-state index contributed by atoms with van der Waals surface area (Å²) in [4.78, 5) is 0.264. The summed E-state index contributed by atoms with van der Waals surface area (Å²) in [6.45, 7) is 9.04. The smallest absolute Gasteiger partial charge is 0.183 e. The summed E-state index contributed by atoms with van der Waals surface area (Å²) in [5.41, 5.74) is -0.135. The van der Waals surface area contributed by atoms with Crippen LogP contribution in [0.1, 0.15) is 34.1 Å². The van der Waals surface area contributed by atoms with Crippen LogP contribution in [0.4, 0.5) is 0 Å². The van der Waals surface area contributed by atoms with Crippen LogP contribution in [-0.2, 0) is 9.84 Å². The summed E-state index contributed by atoms with van der Waals surface area (Å²) in [5.74, 6) is 0.470. The molecule has 0 amide bonds. The van der Waals surface area contributed by atoms with Gasteiger partial charge < -0.3 is 10.1 Å². The van der Waals surface area contributed by atoms with Gasteiger partial charge in [0.1, 0.15) is 10.6 Å². The summed E-state index contributed by atoms with van der Waals surface area (Å²) >= 11 is 0. The molecular formula is C16H27NO3S. The molecule has 0 aliphatic rings. The summed E-state index contributed by atoms with van der Waals surface area (Å²) in [6, 6.07) is 6.68. The summed E-state index contributed by atoms with van der Waals surface area (Å²) in [5, 5.41) is 3.35. The van der Waals surface area contributed by atoms with E-state index in [1.807, 2.05) is 0 Å². The molecule has 1 aromatic carbocycles. The van der Waals surface area contributed by atoms with Gasteiger partial charge in [-0.25, -0.2) is 8.42 Å². The number of ether oxygens (including phenoxy) is 1. The molecule has 1 N–H and O–H groups in total. The van der Waals surface area contributed by atoms with E-state index < -0.39 is 9.84 Å². The first-order valence-corrected chi connectivity index (χ1v) is 8.96. The Labute approximate surface area is 128 Å². The van der Waals surface area contributed by atoms with Crippen LogP contribution in [-0.4, -0.2) is 33.9 Å². The van der Waals surface area contributed by atoms with E-state index in [-0.39, 0.29) is 22.1 Å². The van der Waals surface area contributed by atoms with E-state index in [4.69, 9.17) is 4.74 Å². The first kappa shape index (κ1) is 18.0. The fraction of sp³-hybridized carbons (Fsp3) is 0.625. The van der Waals surface area contributed by atoms with Crippen LogP contribution >= 0.6 is 0 Å². The fourth-order valence-electron chi connectivity index (χ4n) is 2.12. The molecule has 5 heteroatoms. The largest absolute Gasteiger partial charge is 0.495 e. The Hall–Kier alpha value is -1.07. The maximum absolute atomic E-state index is 12.7. The molecule has 0 spiro atoms. The van der Waals surface area contributed by atoms with Crippen LogP contribution in [0.3, 0.4) is 0 Å². The number of rotatable bonds is 7. The number of para-hydroxylation sites is 1. The Kier molecular flexibility index (Phi) is 6.23. The second-order valence-electron chi connectivity index (χ2n) is 6.31. The van der Waals surface area contributed by atoms with Crippen molar-refractivity contribution in [2.24, 2.45) is 5.41 Å². The zero-order valence-electron chi connectivity index (χ0n) is 13.6. The predicted octanol–water partition coefficient (Wildman–Crippen LogP) is 2.88. The van der Waals surface area contributed by atoms with E-state index in [0.29, 0.717) is 5.75 Å². The predicted molar refractivity (Wildman–Crippen MR) is 86.6 cm³/mol. The molecule has 21 heavy (non-hydrogen) atoms. The fourth-order valence-corrected chi connectivity index (χ4v) is 4.10. The van der Waals surface area contributed by atoms with Gasteiger partial charge in [0.2, 0.25) is 0 Å². The average molecular weight is 313 g/mol. The van der Waals surface area contributed by atoms with Gasteiger partial charge in [0, 0.05) is 6.04 Å². The molecular weight excluding hydrogens is 286 g/mol. The van der Waals surface area contributed by atoms with Gasteiger partial charge in [-0.15, -0.1) is 0 Å². The molecule has 1 rings (SSSR count). The lowest BCUT2D eigenvalue weighted by atomic mass is 9.88. The average Bonchev–Trinajstić information content (AvgIpc) is 2.42. The highest BCUT2D eigenvalue weighted by Crippen LogP contribution is 2.28. The van der Waals surface area contributed by atoms with Crippen molar-refractivity contribution in [2.45, 2.75) is 45.1 Å². The van der Waals surface area contributed by atoms with Crippen LogP contribution < -0.4 is 10.1 Å². The zero-order chi connectivity index (χ0) is 16.1. The van der Waals surface area contributed by atoms with Crippen molar-refractivity contribution in [3.63, 3.8) is 0 Å². The number of methoxy groups -OCH3 is 1. The molecule has 0 aliphatic heterocycles. The Morgan fingerprint density at radius 2 is 1.86 bits per heavy atom. The Balaban J connectivity index is 3.06. The molecule has 0 saturated heterocycles. The molecule has 0 fully saturated rings. The monoisotopic (exact) mass is 313 g/mol. The molecule has 0 saturated carbocycles. The third kappa shape index (κ3) is 5.00. The van der Waals surface area contributed by atoms with Gasteiger partial charge in [-0.05, 0) is 30.5 Å². The molecule has 0 radical (unpaired) electrons. The first-order chi connectivity index (χ1) is 9.72. The topological polar surface area (TPSA) is 55.4 Å². The van der Waals surface area contributed by atoms with Crippen molar-refractivity contribution in [3.05, 3.63) is 24.3 Å². The number of benzene rings is 1. The van der Waals surface area contributed by atoms with Crippen molar-refractivity contribution in [1.82, 2.24) is 5.32 Å². The normalized spacial score (nSPS) is 14.0. The highest BCUT2D eigenvalue weighted by Gasteiger charge is 2.31. The molecule has 0 heterocycles. The van der Waals surface area contributed by atoms with Crippen molar-refractivity contribution < 1.29 is 13.2 Å². The molecule has 1 atom stereocenters. The second kappa shape index (κ2) is 7.27. The first-order valence-electron chi connectivity index (χ1n) is 7.31. The van der Waals surface area contributed by atoms with E-state index >= 15 is 0 Å². The quantitative estimate of drug-likeness (QED) is 0.841. The standard InChI is InChI=1S/C16H27NO3S/c1-6-11-17-15(16(2,3)4)12-21(18,19)14-10-8-7-9-13(14)20-5/h7-10,15,17H,6,11-12H2,1-5H3. The molecule has 120 valence electrons. The lowest BCUT2D eigenvalue weighted by molar-refractivity contribution is 0.288. The minimum atomic E-state index is -3.40. The van der Waals surface area contributed by atoms with Crippen LogP contribution in [0.15, 0.2) is 29.2 Å². The highest BCUT2D eigenvalue weighted by molar-refractivity contribution is 7.91. The van der Waals surface area contributed by atoms with Gasteiger partial charge in [-0.1, -0.05) is 39.8 Å². The second-order valence-corrected chi connectivity index (χ2v) is 8.31. The van der Waals surface area contributed by atoms with Crippen LogP contribution in [0.2, 0.25) is 0 Å². The Morgan fingerprint density at radius 3 is 2.38 bits per heavy atom. The minimum Gasteiger partial charge on any atom is -0.495 e. The number of hydrogen-bond acceptors (Lipinski definition) is 4. The molecule has 0 aliphatic carbocycles.